The SMILES string of the molecule is CCCCCC(C)CCCc1ccccc1OCC#N. The minimum atomic E-state index is 0.129. The smallest absolute Gasteiger partial charge is 0.174 e. The maximum absolute atomic E-state index is 8.60. The second kappa shape index (κ2) is 10.3. The van der Waals surface area contributed by atoms with Crippen molar-refractivity contribution in [3.05, 3.63) is 29.8 Å². The molecule has 0 saturated carbocycles. The van der Waals surface area contributed by atoms with Crippen LogP contribution in [0.1, 0.15) is 57.9 Å². The number of para-hydroxylation sites is 1. The lowest BCUT2D eigenvalue weighted by molar-refractivity contribution is 0.362. The van der Waals surface area contributed by atoms with Gasteiger partial charge in [-0.15, -0.1) is 0 Å². The van der Waals surface area contributed by atoms with Crippen molar-refractivity contribution in [1.29, 1.82) is 5.26 Å². The van der Waals surface area contributed by atoms with Crippen LogP contribution in [0.4, 0.5) is 0 Å². The van der Waals surface area contributed by atoms with E-state index in [0.29, 0.717) is 0 Å². The molecule has 0 fully saturated rings. The summed E-state index contributed by atoms with van der Waals surface area (Å²) in [5, 5.41) is 8.60. The molecular formula is C18H27NO. The summed E-state index contributed by atoms with van der Waals surface area (Å²) in [6.07, 6.45) is 8.88. The molecule has 1 atom stereocenters. The Bertz CT molecular complexity index is 408. The molecule has 0 amide bonds. The molecule has 0 aliphatic rings. The summed E-state index contributed by atoms with van der Waals surface area (Å²) < 4.78 is 5.46. The zero-order chi connectivity index (χ0) is 14.6. The second-order valence-electron chi connectivity index (χ2n) is 5.55. The van der Waals surface area contributed by atoms with Gasteiger partial charge in [0.1, 0.15) is 11.8 Å². The van der Waals surface area contributed by atoms with Gasteiger partial charge in [-0.1, -0.05) is 64.2 Å². The molecule has 0 N–H and O–H groups in total. The van der Waals surface area contributed by atoms with Crippen LogP contribution in [-0.2, 0) is 6.42 Å². The number of rotatable bonds is 10. The van der Waals surface area contributed by atoms with Crippen molar-refractivity contribution >= 4 is 0 Å². The van der Waals surface area contributed by atoms with E-state index in [2.05, 4.69) is 19.9 Å². The van der Waals surface area contributed by atoms with E-state index in [-0.39, 0.29) is 6.61 Å². The number of ether oxygens (including phenoxy) is 1. The molecule has 0 saturated heterocycles. The number of aryl methyl sites for hydroxylation is 1. The Morgan fingerprint density at radius 3 is 2.65 bits per heavy atom. The summed E-state index contributed by atoms with van der Waals surface area (Å²) >= 11 is 0. The van der Waals surface area contributed by atoms with Crippen LogP contribution in [0.15, 0.2) is 24.3 Å². The molecule has 2 heteroatoms. The van der Waals surface area contributed by atoms with Crippen LogP contribution in [0.25, 0.3) is 0 Å². The van der Waals surface area contributed by atoms with Crippen LogP contribution >= 0.6 is 0 Å². The van der Waals surface area contributed by atoms with Crippen molar-refractivity contribution in [2.45, 2.75) is 58.8 Å². The summed E-state index contributed by atoms with van der Waals surface area (Å²) in [6.45, 7) is 4.74. The third-order valence-corrected chi connectivity index (χ3v) is 3.71. The van der Waals surface area contributed by atoms with Crippen molar-refractivity contribution in [1.82, 2.24) is 0 Å². The molecule has 0 bridgehead atoms. The first kappa shape index (κ1) is 16.6. The fraction of sp³-hybridized carbons (Fsp3) is 0.611. The van der Waals surface area contributed by atoms with Gasteiger partial charge in [0.25, 0.3) is 0 Å². The molecule has 0 spiro atoms. The van der Waals surface area contributed by atoms with Gasteiger partial charge in [0.05, 0.1) is 0 Å². The van der Waals surface area contributed by atoms with Crippen LogP contribution in [0.5, 0.6) is 5.75 Å². The van der Waals surface area contributed by atoms with E-state index in [4.69, 9.17) is 10.00 Å². The van der Waals surface area contributed by atoms with Gasteiger partial charge in [-0.25, -0.2) is 0 Å². The van der Waals surface area contributed by atoms with Gasteiger partial charge in [0, 0.05) is 0 Å². The lowest BCUT2D eigenvalue weighted by Crippen LogP contribution is -2.00. The highest BCUT2D eigenvalue weighted by Crippen LogP contribution is 2.22. The number of hydrogen-bond acceptors (Lipinski definition) is 2. The highest BCUT2D eigenvalue weighted by Gasteiger charge is 2.05. The first-order valence-electron chi connectivity index (χ1n) is 7.85. The molecule has 0 aromatic heterocycles. The number of benzene rings is 1. The van der Waals surface area contributed by atoms with E-state index in [1.54, 1.807) is 0 Å². The topological polar surface area (TPSA) is 33.0 Å². The largest absolute Gasteiger partial charge is 0.478 e. The zero-order valence-electron chi connectivity index (χ0n) is 12.9. The molecule has 1 aromatic carbocycles. The zero-order valence-corrected chi connectivity index (χ0v) is 12.9. The van der Waals surface area contributed by atoms with Crippen molar-refractivity contribution in [3.63, 3.8) is 0 Å². The van der Waals surface area contributed by atoms with Crippen LogP contribution < -0.4 is 4.74 Å². The highest BCUT2D eigenvalue weighted by molar-refractivity contribution is 5.33. The van der Waals surface area contributed by atoms with Gasteiger partial charge < -0.3 is 4.74 Å². The minimum Gasteiger partial charge on any atom is -0.478 e. The number of nitriles is 1. The van der Waals surface area contributed by atoms with E-state index in [1.165, 1.54) is 44.1 Å². The first-order valence-corrected chi connectivity index (χ1v) is 7.85. The van der Waals surface area contributed by atoms with E-state index in [0.717, 1.165) is 18.1 Å². The standard InChI is InChI=1S/C18H27NO/c1-3-4-5-9-16(2)10-8-12-17-11-6-7-13-18(17)20-15-14-19/h6-7,11,13,16H,3-5,8-10,12,15H2,1-2H3. The maximum Gasteiger partial charge on any atom is 0.174 e. The molecule has 20 heavy (non-hydrogen) atoms. The van der Waals surface area contributed by atoms with Crippen LogP contribution in [0, 0.1) is 17.2 Å². The number of hydrogen-bond donors (Lipinski definition) is 0. The van der Waals surface area contributed by atoms with E-state index in [1.807, 2.05) is 24.3 Å². The van der Waals surface area contributed by atoms with Crippen molar-refractivity contribution in [2.24, 2.45) is 5.92 Å². The summed E-state index contributed by atoms with van der Waals surface area (Å²) in [5.41, 5.74) is 1.23. The Labute approximate surface area is 123 Å². The Balaban J connectivity index is 2.32. The first-order chi connectivity index (χ1) is 9.77. The maximum atomic E-state index is 8.60. The normalized spacial score (nSPS) is 11.8. The van der Waals surface area contributed by atoms with Crippen LogP contribution in [0.2, 0.25) is 0 Å². The average Bonchev–Trinajstić information content (AvgIpc) is 2.46. The summed E-state index contributed by atoms with van der Waals surface area (Å²) in [6, 6.07) is 10.1. The highest BCUT2D eigenvalue weighted by atomic mass is 16.5. The van der Waals surface area contributed by atoms with Gasteiger partial charge >= 0.3 is 0 Å². The Kier molecular flexibility index (Phi) is 8.54. The predicted molar refractivity (Wildman–Crippen MR) is 83.8 cm³/mol. The fourth-order valence-corrected chi connectivity index (χ4v) is 2.49. The van der Waals surface area contributed by atoms with Crippen LogP contribution in [0.3, 0.4) is 0 Å². The fourth-order valence-electron chi connectivity index (χ4n) is 2.49. The lowest BCUT2D eigenvalue weighted by Gasteiger charge is -2.12. The van der Waals surface area contributed by atoms with E-state index >= 15 is 0 Å². The van der Waals surface area contributed by atoms with Gasteiger partial charge in [-0.3, -0.25) is 0 Å². The molecule has 0 heterocycles. The third-order valence-electron chi connectivity index (χ3n) is 3.71. The molecule has 0 aliphatic heterocycles. The van der Waals surface area contributed by atoms with E-state index in [9.17, 15) is 0 Å². The Hall–Kier alpha value is -1.49. The molecular weight excluding hydrogens is 246 g/mol. The quantitative estimate of drug-likeness (QED) is 0.554. The third kappa shape index (κ3) is 6.61. The summed E-state index contributed by atoms with van der Waals surface area (Å²) in [7, 11) is 0. The Morgan fingerprint density at radius 1 is 1.15 bits per heavy atom. The predicted octanol–water partition coefficient (Wildman–Crippen LogP) is 5.13. The summed E-state index contributed by atoms with van der Waals surface area (Å²) in [5.74, 6) is 1.68. The molecule has 0 radical (unpaired) electrons. The molecule has 0 aliphatic carbocycles. The lowest BCUT2D eigenvalue weighted by atomic mass is 9.96. The number of unbranched alkanes of at least 4 members (excludes halogenated alkanes) is 2. The molecule has 2 nitrogen and oxygen atoms in total. The van der Waals surface area contributed by atoms with Gasteiger partial charge in [-0.05, 0) is 30.4 Å². The van der Waals surface area contributed by atoms with Gasteiger partial charge in [-0.2, -0.15) is 5.26 Å². The van der Waals surface area contributed by atoms with Gasteiger partial charge in [0.15, 0.2) is 6.61 Å². The monoisotopic (exact) mass is 273 g/mol. The van der Waals surface area contributed by atoms with Crippen molar-refractivity contribution < 1.29 is 4.74 Å². The summed E-state index contributed by atoms with van der Waals surface area (Å²) in [4.78, 5) is 0. The molecule has 110 valence electrons. The second-order valence-corrected chi connectivity index (χ2v) is 5.55. The van der Waals surface area contributed by atoms with Gasteiger partial charge in [0.2, 0.25) is 0 Å². The Morgan fingerprint density at radius 2 is 1.90 bits per heavy atom. The molecule has 1 rings (SSSR count). The minimum absolute atomic E-state index is 0.129. The number of nitrogens with zero attached hydrogens (tertiary/aromatic N) is 1. The van der Waals surface area contributed by atoms with E-state index < -0.39 is 0 Å². The van der Waals surface area contributed by atoms with Crippen molar-refractivity contribution in [3.8, 4) is 11.8 Å². The van der Waals surface area contributed by atoms with Crippen LogP contribution in [-0.4, -0.2) is 6.61 Å². The van der Waals surface area contributed by atoms with Crippen molar-refractivity contribution in [2.75, 3.05) is 6.61 Å². The molecule has 1 aromatic rings. The molecule has 1 unspecified atom stereocenters. The average molecular weight is 273 g/mol.